The summed E-state index contributed by atoms with van der Waals surface area (Å²) >= 11 is 0. The van der Waals surface area contributed by atoms with E-state index in [0.717, 1.165) is 73.6 Å². The SMILES string of the molecule is C=CC[N+]1(C(=O)/C=C/CN(C)C)CCC[C@H](c2ccn3ncnc(Nc4ccc(OC5=CC(=NC=N)[NH2+]C=C5)c(C)c4)c23)CC1. The van der Waals surface area contributed by atoms with Crippen molar-refractivity contribution in [3.63, 3.8) is 0 Å². The molecule has 1 unspecified atom stereocenters. The number of likely N-dealkylation sites (tertiary alicyclic amines) is 1. The number of aryl methyl sites for hydroxylation is 1. The minimum Gasteiger partial charge on any atom is -0.457 e. The molecule has 11 nitrogen and oxygen atoms in total. The number of aliphatic imine (C=N–C) groups is 1. The number of quaternary nitrogens is 2. The first kappa shape index (κ1) is 31.7. The van der Waals surface area contributed by atoms with E-state index in [1.54, 1.807) is 18.5 Å². The maximum Gasteiger partial charge on any atom is 0.338 e. The van der Waals surface area contributed by atoms with Crippen molar-refractivity contribution in [2.24, 2.45) is 4.99 Å². The highest BCUT2D eigenvalue weighted by molar-refractivity contribution is 5.91. The highest BCUT2D eigenvalue weighted by Crippen LogP contribution is 2.36. The number of hydrogen-bond donors (Lipinski definition) is 3. The average Bonchev–Trinajstić information content (AvgIpc) is 3.34. The first-order valence-electron chi connectivity index (χ1n) is 15.3. The number of allylic oxidation sites excluding steroid dienone is 1. The summed E-state index contributed by atoms with van der Waals surface area (Å²) < 4.78 is 8.41. The van der Waals surface area contributed by atoms with Gasteiger partial charge in [0.05, 0.1) is 19.2 Å². The first-order chi connectivity index (χ1) is 21.8. The molecule has 4 heterocycles. The quantitative estimate of drug-likeness (QED) is 0.0991. The lowest BCUT2D eigenvalue weighted by Gasteiger charge is -2.33. The number of carbonyl (C=O) groups is 1. The molecule has 2 aromatic heterocycles. The zero-order chi connectivity index (χ0) is 31.8. The van der Waals surface area contributed by atoms with Gasteiger partial charge in [-0.2, -0.15) is 10.1 Å². The lowest BCUT2D eigenvalue weighted by molar-refractivity contribution is -0.845. The van der Waals surface area contributed by atoms with Gasteiger partial charge in [-0.25, -0.2) is 14.3 Å². The first-order valence-corrected chi connectivity index (χ1v) is 15.3. The van der Waals surface area contributed by atoms with Crippen molar-refractivity contribution in [2.45, 2.75) is 32.1 Å². The van der Waals surface area contributed by atoms with Crippen molar-refractivity contribution in [3.05, 3.63) is 96.8 Å². The maximum atomic E-state index is 13.5. The zero-order valence-electron chi connectivity index (χ0n) is 26.3. The third kappa shape index (κ3) is 7.51. The van der Waals surface area contributed by atoms with Crippen molar-refractivity contribution in [1.29, 1.82) is 5.41 Å². The van der Waals surface area contributed by atoms with Gasteiger partial charge in [-0.1, -0.05) is 12.7 Å². The topological polar surface area (TPSA) is 125 Å². The number of ether oxygens (including phenoxy) is 1. The number of rotatable bonds is 11. The highest BCUT2D eigenvalue weighted by Gasteiger charge is 2.37. The highest BCUT2D eigenvalue weighted by atomic mass is 16.5. The molecule has 1 amide bonds. The normalized spacial score (nSPS) is 21.2. The molecule has 0 aliphatic carbocycles. The summed E-state index contributed by atoms with van der Waals surface area (Å²) in [6, 6.07) is 8.08. The van der Waals surface area contributed by atoms with E-state index in [-0.39, 0.29) is 11.8 Å². The lowest BCUT2D eigenvalue weighted by atomic mass is 9.93. The summed E-state index contributed by atoms with van der Waals surface area (Å²) in [6.07, 6.45) is 18.5. The van der Waals surface area contributed by atoms with Gasteiger partial charge in [0.15, 0.2) is 5.82 Å². The van der Waals surface area contributed by atoms with E-state index in [2.05, 4.69) is 33.0 Å². The van der Waals surface area contributed by atoms with Crippen molar-refractivity contribution in [1.82, 2.24) is 19.5 Å². The molecule has 1 aromatic carbocycles. The fourth-order valence-electron chi connectivity index (χ4n) is 6.08. The number of amidine groups is 1. The molecule has 3 aromatic rings. The number of carbonyl (C=O) groups excluding carboxylic acids is 1. The third-order valence-corrected chi connectivity index (χ3v) is 8.34. The number of aromatic nitrogens is 3. The molecule has 0 saturated carbocycles. The van der Waals surface area contributed by atoms with E-state index < -0.39 is 0 Å². The molecule has 5 rings (SSSR count). The molecule has 2 aliphatic rings. The Bertz CT molecular complexity index is 1680. The Hall–Kier alpha value is -4.71. The summed E-state index contributed by atoms with van der Waals surface area (Å²) in [7, 11) is 4.00. The summed E-state index contributed by atoms with van der Waals surface area (Å²) in [5.41, 5.74) is 3.99. The van der Waals surface area contributed by atoms with E-state index in [1.165, 1.54) is 5.56 Å². The smallest absolute Gasteiger partial charge is 0.338 e. The van der Waals surface area contributed by atoms with Crippen molar-refractivity contribution in [2.75, 3.05) is 45.6 Å². The monoisotopic (exact) mass is 609 g/mol. The minimum absolute atomic E-state index is 0.154. The predicted molar refractivity (Wildman–Crippen MR) is 178 cm³/mol. The molecule has 1 saturated heterocycles. The maximum absolute atomic E-state index is 13.5. The molecule has 2 aliphatic heterocycles. The van der Waals surface area contributed by atoms with Crippen LogP contribution < -0.4 is 15.4 Å². The number of nitrogens with two attached hydrogens (primary N) is 1. The number of hydrogen-bond acceptors (Lipinski definition) is 7. The molecular formula is C34H43N9O2+2. The molecule has 11 heteroatoms. The Kier molecular flexibility index (Phi) is 10.1. The van der Waals surface area contributed by atoms with Crippen LogP contribution in [0.3, 0.4) is 0 Å². The van der Waals surface area contributed by atoms with Crippen LogP contribution in [0.2, 0.25) is 0 Å². The molecule has 45 heavy (non-hydrogen) atoms. The zero-order valence-corrected chi connectivity index (χ0v) is 26.3. The number of amides is 1. The van der Waals surface area contributed by atoms with Crippen LogP contribution in [0.25, 0.3) is 5.52 Å². The summed E-state index contributed by atoms with van der Waals surface area (Å²) in [5.74, 6) is 3.21. The summed E-state index contributed by atoms with van der Waals surface area (Å²) in [4.78, 5) is 24.2. The Labute approximate surface area is 264 Å². The average molecular weight is 610 g/mol. The van der Waals surface area contributed by atoms with E-state index in [4.69, 9.17) is 10.1 Å². The number of nitrogens with one attached hydrogen (secondary N) is 2. The van der Waals surface area contributed by atoms with Crippen molar-refractivity contribution >= 4 is 35.1 Å². The number of fused-ring (bicyclic) bond motifs is 1. The molecule has 4 N–H and O–H groups in total. The Balaban J connectivity index is 1.35. The van der Waals surface area contributed by atoms with Crippen LogP contribution in [0.1, 0.15) is 36.3 Å². The standard InChI is InChI=1S/C34H42N9O2/c1-5-18-43(32(44)9-6-16-41(3)4)19-7-8-26(14-20-43)29-13-17-42-33(29)34(38-24-39-42)40-27-10-11-30(25(2)21-27)45-28-12-15-36-31(22-28)37-23-35/h5-6,9-13,15,17,21-24,26H,1,7-8,14,16,18-20H2,2-4H3,(H2,35,36,37)(H,38,39,40)/q+1/p+1/b9-6+/t26-,43?/m0/s1. The number of anilines is 2. The van der Waals surface area contributed by atoms with Crippen LogP contribution in [-0.2, 0) is 4.79 Å². The van der Waals surface area contributed by atoms with E-state index in [9.17, 15) is 4.79 Å². The van der Waals surface area contributed by atoms with Crippen LogP contribution >= 0.6 is 0 Å². The lowest BCUT2D eigenvalue weighted by Crippen LogP contribution is -2.82. The van der Waals surface area contributed by atoms with Gasteiger partial charge >= 0.3 is 5.91 Å². The van der Waals surface area contributed by atoms with Gasteiger partial charge in [0, 0.05) is 37.0 Å². The van der Waals surface area contributed by atoms with Gasteiger partial charge in [-0.15, -0.1) is 0 Å². The number of benzene rings is 1. The largest absolute Gasteiger partial charge is 0.457 e. The van der Waals surface area contributed by atoms with Gasteiger partial charge in [0.1, 0.15) is 42.4 Å². The molecule has 234 valence electrons. The van der Waals surface area contributed by atoms with Crippen LogP contribution in [-0.4, -0.2) is 82.3 Å². The van der Waals surface area contributed by atoms with E-state index in [0.29, 0.717) is 22.6 Å². The van der Waals surface area contributed by atoms with Gasteiger partial charge in [-0.3, -0.25) is 15.2 Å². The second kappa shape index (κ2) is 14.4. The number of nitrogens with zero attached hydrogens (tertiary/aromatic N) is 6. The van der Waals surface area contributed by atoms with Crippen LogP contribution in [0.5, 0.6) is 5.75 Å². The molecule has 1 fully saturated rings. The summed E-state index contributed by atoms with van der Waals surface area (Å²) in [6.45, 7) is 8.91. The summed E-state index contributed by atoms with van der Waals surface area (Å²) in [5, 5.41) is 17.1. The Morgan fingerprint density at radius 1 is 1.31 bits per heavy atom. The minimum atomic E-state index is 0.154. The van der Waals surface area contributed by atoms with Gasteiger partial charge in [0.2, 0.25) is 5.84 Å². The number of likely N-dealkylation sites (N-methyl/N-ethyl adjacent to an activating group) is 1. The molecule has 0 radical (unpaired) electrons. The van der Waals surface area contributed by atoms with Gasteiger partial charge in [0.25, 0.3) is 0 Å². The second-order valence-corrected chi connectivity index (χ2v) is 11.8. The van der Waals surface area contributed by atoms with E-state index >= 15 is 0 Å². The molecular weight excluding hydrogens is 566 g/mol. The van der Waals surface area contributed by atoms with Crippen LogP contribution in [0.15, 0.2) is 90.7 Å². The predicted octanol–water partition coefficient (Wildman–Crippen LogP) is 4.05. The van der Waals surface area contributed by atoms with E-state index in [1.807, 2.05) is 84.6 Å². The second-order valence-electron chi connectivity index (χ2n) is 11.8. The fraction of sp³-hybridized carbons (Fsp3) is 0.324. The van der Waals surface area contributed by atoms with Crippen molar-refractivity contribution < 1.29 is 19.3 Å². The van der Waals surface area contributed by atoms with Gasteiger partial charge in [-0.05, 0) is 81.2 Å². The Morgan fingerprint density at radius 3 is 2.96 bits per heavy atom. The molecule has 0 bridgehead atoms. The third-order valence-electron chi connectivity index (χ3n) is 8.34. The van der Waals surface area contributed by atoms with Crippen molar-refractivity contribution in [3.8, 4) is 5.75 Å². The van der Waals surface area contributed by atoms with Crippen LogP contribution in [0.4, 0.5) is 11.5 Å². The van der Waals surface area contributed by atoms with Crippen LogP contribution in [0, 0.1) is 12.3 Å². The molecule has 2 atom stereocenters. The molecule has 0 spiro atoms. The fourth-order valence-corrected chi connectivity index (χ4v) is 6.08. The Morgan fingerprint density at radius 2 is 2.18 bits per heavy atom. The van der Waals surface area contributed by atoms with Gasteiger partial charge < -0.3 is 15.0 Å².